The molecule has 1 heterocycles. The molecule has 1 aliphatic carbocycles. The Balaban J connectivity index is 1.04. The number of para-hydroxylation sites is 1. The van der Waals surface area contributed by atoms with Gasteiger partial charge in [-0.15, -0.1) is 0 Å². The Morgan fingerprint density at radius 1 is 0.350 bits per heavy atom. The standard InChI is InChI=1S/C59H38O/c1-59(2)51-34-36(30-31-49(51)56-57(59)48-26-12-11-25-46(48)55-50-27-13-14-29-52(50)60-58(55)56)38-32-33-47(40-20-6-5-19-39(38)40)54-44-23-9-7-21-42(44)53(43-22-8-10-24-45(43)54)41-28-15-17-35-16-3-4-18-37(35)41/h3-34H,1-2H3. The number of furan rings is 1. The van der Waals surface area contributed by atoms with Crippen LogP contribution in [0.15, 0.2) is 199 Å². The molecule has 0 bridgehead atoms. The molecule has 0 spiro atoms. The van der Waals surface area contributed by atoms with Gasteiger partial charge in [0.15, 0.2) is 0 Å². The van der Waals surface area contributed by atoms with Crippen molar-refractivity contribution in [2.24, 2.45) is 0 Å². The van der Waals surface area contributed by atoms with Crippen LogP contribution in [0.4, 0.5) is 0 Å². The Labute approximate surface area is 347 Å². The van der Waals surface area contributed by atoms with Gasteiger partial charge in [-0.05, 0) is 116 Å². The molecule has 1 nitrogen and oxygen atoms in total. The highest BCUT2D eigenvalue weighted by atomic mass is 16.3. The van der Waals surface area contributed by atoms with Crippen LogP contribution in [-0.4, -0.2) is 0 Å². The van der Waals surface area contributed by atoms with E-state index in [1.165, 1.54) is 120 Å². The Morgan fingerprint density at radius 3 is 1.52 bits per heavy atom. The second kappa shape index (κ2) is 12.3. The van der Waals surface area contributed by atoms with Crippen molar-refractivity contribution in [3.05, 3.63) is 205 Å². The van der Waals surface area contributed by atoms with Crippen LogP contribution >= 0.6 is 0 Å². The predicted octanol–water partition coefficient (Wildman–Crippen LogP) is 16.7. The summed E-state index contributed by atoms with van der Waals surface area (Å²) in [7, 11) is 0. The van der Waals surface area contributed by atoms with Crippen LogP contribution < -0.4 is 0 Å². The summed E-state index contributed by atoms with van der Waals surface area (Å²) in [6.07, 6.45) is 0. The van der Waals surface area contributed by atoms with E-state index in [-0.39, 0.29) is 5.41 Å². The maximum Gasteiger partial charge on any atom is 0.144 e. The van der Waals surface area contributed by atoms with Gasteiger partial charge in [-0.1, -0.05) is 196 Å². The molecule has 0 atom stereocenters. The van der Waals surface area contributed by atoms with Gasteiger partial charge in [0.25, 0.3) is 0 Å². The summed E-state index contributed by atoms with van der Waals surface area (Å²) in [5, 5.41) is 15.0. The minimum Gasteiger partial charge on any atom is -0.455 e. The lowest BCUT2D eigenvalue weighted by Gasteiger charge is -2.24. The van der Waals surface area contributed by atoms with Gasteiger partial charge in [0.2, 0.25) is 0 Å². The number of fused-ring (bicyclic) bond motifs is 14. The monoisotopic (exact) mass is 762 g/mol. The van der Waals surface area contributed by atoms with Crippen LogP contribution in [-0.2, 0) is 5.41 Å². The number of rotatable bonds is 3. The normalized spacial score (nSPS) is 13.3. The first-order chi connectivity index (χ1) is 29.6. The van der Waals surface area contributed by atoms with Crippen LogP contribution in [0, 0.1) is 0 Å². The Morgan fingerprint density at radius 2 is 0.833 bits per heavy atom. The molecule has 1 aromatic heterocycles. The van der Waals surface area contributed by atoms with Gasteiger partial charge in [0.1, 0.15) is 11.2 Å². The average Bonchev–Trinajstić information content (AvgIpc) is 3.80. The zero-order chi connectivity index (χ0) is 39.7. The summed E-state index contributed by atoms with van der Waals surface area (Å²) in [5.74, 6) is 0. The Bertz CT molecular complexity index is 3740. The smallest absolute Gasteiger partial charge is 0.144 e. The number of hydrogen-bond acceptors (Lipinski definition) is 1. The van der Waals surface area contributed by atoms with Crippen molar-refractivity contribution in [2.75, 3.05) is 0 Å². The van der Waals surface area contributed by atoms with Gasteiger partial charge in [0, 0.05) is 21.8 Å². The topological polar surface area (TPSA) is 13.1 Å². The van der Waals surface area contributed by atoms with Gasteiger partial charge < -0.3 is 4.42 Å². The van der Waals surface area contributed by atoms with E-state index in [9.17, 15) is 0 Å². The highest BCUT2D eigenvalue weighted by Crippen LogP contribution is 2.57. The Hall–Kier alpha value is -7.48. The minimum atomic E-state index is -0.243. The lowest BCUT2D eigenvalue weighted by atomic mass is 9.79. The highest BCUT2D eigenvalue weighted by molar-refractivity contribution is 6.27. The molecule has 1 heteroatoms. The van der Waals surface area contributed by atoms with Crippen LogP contribution in [0.5, 0.6) is 0 Å². The summed E-state index contributed by atoms with van der Waals surface area (Å²) in [6, 6.07) is 71.7. The minimum absolute atomic E-state index is 0.243. The first-order valence-corrected chi connectivity index (χ1v) is 21.0. The van der Waals surface area contributed by atoms with Crippen LogP contribution in [0.2, 0.25) is 0 Å². The van der Waals surface area contributed by atoms with Crippen LogP contribution in [0.25, 0.3) is 120 Å². The van der Waals surface area contributed by atoms with E-state index >= 15 is 0 Å². The fraction of sp³-hybridized carbons (Fsp3) is 0.0508. The van der Waals surface area contributed by atoms with E-state index < -0.39 is 0 Å². The van der Waals surface area contributed by atoms with Crippen LogP contribution in [0.1, 0.15) is 25.0 Å². The fourth-order valence-corrected chi connectivity index (χ4v) is 11.1. The quantitative estimate of drug-likeness (QED) is 0.163. The molecule has 60 heavy (non-hydrogen) atoms. The molecule has 0 fully saturated rings. The predicted molar refractivity (Wildman–Crippen MR) is 255 cm³/mol. The third-order valence-corrected chi connectivity index (χ3v) is 13.6. The third-order valence-electron chi connectivity index (χ3n) is 13.6. The zero-order valence-electron chi connectivity index (χ0n) is 33.4. The maximum absolute atomic E-state index is 6.79. The molecule has 1 aliphatic rings. The van der Waals surface area contributed by atoms with Gasteiger partial charge in [-0.2, -0.15) is 0 Å². The lowest BCUT2D eigenvalue weighted by molar-refractivity contribution is 0.658. The average molecular weight is 763 g/mol. The second-order valence-corrected chi connectivity index (χ2v) is 17.1. The molecular formula is C59H38O. The van der Waals surface area contributed by atoms with Crippen molar-refractivity contribution in [3.63, 3.8) is 0 Å². The van der Waals surface area contributed by atoms with Gasteiger partial charge in [-0.25, -0.2) is 0 Å². The van der Waals surface area contributed by atoms with Crippen molar-refractivity contribution in [3.8, 4) is 44.5 Å². The third kappa shape index (κ3) is 4.47. The summed E-state index contributed by atoms with van der Waals surface area (Å²) < 4.78 is 6.79. The SMILES string of the molecule is CC1(C)c2cc(-c3ccc(-c4c5ccccc5c(-c5cccc6ccccc56)c5ccccc45)c4ccccc34)ccc2-c2c1c1ccccc1c1c2oc2ccccc21. The molecule has 12 aromatic rings. The molecule has 0 radical (unpaired) electrons. The van der Waals surface area contributed by atoms with Crippen molar-refractivity contribution in [1.82, 2.24) is 0 Å². The van der Waals surface area contributed by atoms with E-state index in [4.69, 9.17) is 4.42 Å². The zero-order valence-corrected chi connectivity index (χ0v) is 33.4. The number of hydrogen-bond donors (Lipinski definition) is 0. The summed E-state index contributed by atoms with van der Waals surface area (Å²) in [6.45, 7) is 4.78. The van der Waals surface area contributed by atoms with E-state index in [2.05, 4.69) is 208 Å². The first-order valence-electron chi connectivity index (χ1n) is 21.0. The van der Waals surface area contributed by atoms with E-state index in [0.29, 0.717) is 0 Å². The molecule has 0 saturated carbocycles. The molecule has 0 N–H and O–H groups in total. The lowest BCUT2D eigenvalue weighted by Crippen LogP contribution is -2.15. The van der Waals surface area contributed by atoms with Crippen molar-refractivity contribution < 1.29 is 4.42 Å². The van der Waals surface area contributed by atoms with E-state index in [0.717, 1.165) is 11.2 Å². The molecule has 0 aliphatic heterocycles. The van der Waals surface area contributed by atoms with E-state index in [1.54, 1.807) is 0 Å². The highest BCUT2D eigenvalue weighted by Gasteiger charge is 2.40. The van der Waals surface area contributed by atoms with Crippen molar-refractivity contribution in [1.29, 1.82) is 0 Å². The molecule has 13 rings (SSSR count). The molecular weight excluding hydrogens is 725 g/mol. The molecule has 0 amide bonds. The van der Waals surface area contributed by atoms with Crippen LogP contribution in [0.3, 0.4) is 0 Å². The van der Waals surface area contributed by atoms with E-state index in [1.807, 2.05) is 0 Å². The first kappa shape index (κ1) is 33.5. The maximum atomic E-state index is 6.79. The van der Waals surface area contributed by atoms with Gasteiger partial charge in [0.05, 0.1) is 0 Å². The Kier molecular flexibility index (Phi) is 6.85. The molecule has 0 saturated heterocycles. The second-order valence-electron chi connectivity index (χ2n) is 17.1. The van der Waals surface area contributed by atoms with Crippen molar-refractivity contribution >= 4 is 75.8 Å². The largest absolute Gasteiger partial charge is 0.455 e. The molecule has 11 aromatic carbocycles. The molecule has 0 unspecified atom stereocenters. The molecule has 280 valence electrons. The van der Waals surface area contributed by atoms with Gasteiger partial charge in [-0.3, -0.25) is 0 Å². The summed E-state index contributed by atoms with van der Waals surface area (Å²) in [4.78, 5) is 0. The number of benzene rings is 11. The fourth-order valence-electron chi connectivity index (χ4n) is 11.1. The van der Waals surface area contributed by atoms with Crippen molar-refractivity contribution in [2.45, 2.75) is 19.3 Å². The summed E-state index contributed by atoms with van der Waals surface area (Å²) in [5.41, 5.74) is 14.4. The van der Waals surface area contributed by atoms with Gasteiger partial charge >= 0.3 is 0 Å². The summed E-state index contributed by atoms with van der Waals surface area (Å²) >= 11 is 0.